The Hall–Kier alpha value is -1.20. The first-order valence-corrected chi connectivity index (χ1v) is 9.13. The Morgan fingerprint density at radius 3 is 2.73 bits per heavy atom. The molecule has 5 heteroatoms. The Labute approximate surface area is 138 Å². The predicted molar refractivity (Wildman–Crippen MR) is 95.6 cm³/mol. The third-order valence-electron chi connectivity index (χ3n) is 4.19. The summed E-state index contributed by atoms with van der Waals surface area (Å²) < 4.78 is 5.59. The van der Waals surface area contributed by atoms with Gasteiger partial charge in [0.2, 0.25) is 0 Å². The van der Waals surface area contributed by atoms with Crippen molar-refractivity contribution in [3.05, 3.63) is 35.9 Å². The van der Waals surface area contributed by atoms with Gasteiger partial charge in [-0.15, -0.1) is 0 Å². The molecule has 3 unspecified atom stereocenters. The fourth-order valence-electron chi connectivity index (χ4n) is 2.87. The Morgan fingerprint density at radius 1 is 1.36 bits per heavy atom. The molecular weight excluding hydrogens is 294 g/mol. The minimum atomic E-state index is 0.0299. The standard InChI is InChI=1S/C17H27N3OS/c1-18-17(20-14-9-10-15(11-14)22-3)19-12-16(21-2)13-7-5-4-6-8-13/h4-8,14-16H,9-12H2,1-3H3,(H2,18,19,20). The molecule has 1 aromatic rings. The van der Waals surface area contributed by atoms with Gasteiger partial charge in [0, 0.05) is 32.0 Å². The number of rotatable bonds is 6. The van der Waals surface area contributed by atoms with Crippen LogP contribution in [0.4, 0.5) is 0 Å². The number of ether oxygens (including phenoxy) is 1. The largest absolute Gasteiger partial charge is 0.375 e. The van der Waals surface area contributed by atoms with Crippen LogP contribution in [0.15, 0.2) is 35.3 Å². The molecule has 3 atom stereocenters. The van der Waals surface area contributed by atoms with Crippen LogP contribution in [0.1, 0.15) is 30.9 Å². The van der Waals surface area contributed by atoms with Gasteiger partial charge < -0.3 is 15.4 Å². The van der Waals surface area contributed by atoms with E-state index in [0.717, 1.165) is 11.2 Å². The van der Waals surface area contributed by atoms with E-state index in [2.05, 4.69) is 34.0 Å². The molecule has 0 spiro atoms. The highest BCUT2D eigenvalue weighted by molar-refractivity contribution is 7.99. The maximum atomic E-state index is 5.59. The molecule has 4 nitrogen and oxygen atoms in total. The lowest BCUT2D eigenvalue weighted by molar-refractivity contribution is 0.106. The fourth-order valence-corrected chi connectivity index (χ4v) is 3.66. The molecular formula is C17H27N3OS. The molecule has 0 aromatic heterocycles. The number of nitrogens with zero attached hydrogens (tertiary/aromatic N) is 1. The normalized spacial score (nSPS) is 23.3. The molecule has 0 aliphatic heterocycles. The summed E-state index contributed by atoms with van der Waals surface area (Å²) in [6.45, 7) is 0.707. The van der Waals surface area contributed by atoms with E-state index in [1.54, 1.807) is 7.11 Å². The van der Waals surface area contributed by atoms with E-state index in [1.807, 2.05) is 37.0 Å². The average molecular weight is 321 g/mol. The van der Waals surface area contributed by atoms with Gasteiger partial charge in [0.25, 0.3) is 0 Å². The molecule has 1 aliphatic rings. The summed E-state index contributed by atoms with van der Waals surface area (Å²) in [6, 6.07) is 10.8. The SMILES string of the molecule is CN=C(NCC(OC)c1ccccc1)NC1CCC(SC)C1. The molecule has 2 N–H and O–H groups in total. The van der Waals surface area contributed by atoms with Crippen molar-refractivity contribution in [2.45, 2.75) is 36.7 Å². The molecule has 1 saturated carbocycles. The van der Waals surface area contributed by atoms with E-state index in [4.69, 9.17) is 4.74 Å². The van der Waals surface area contributed by atoms with Gasteiger partial charge in [-0.05, 0) is 31.1 Å². The number of aliphatic imine (C=N–C) groups is 1. The molecule has 1 fully saturated rings. The van der Waals surface area contributed by atoms with Gasteiger partial charge in [-0.2, -0.15) is 11.8 Å². The summed E-state index contributed by atoms with van der Waals surface area (Å²) in [5.41, 5.74) is 1.18. The number of thioether (sulfide) groups is 1. The van der Waals surface area contributed by atoms with E-state index in [-0.39, 0.29) is 6.10 Å². The van der Waals surface area contributed by atoms with Crippen LogP contribution in [0.5, 0.6) is 0 Å². The van der Waals surface area contributed by atoms with Crippen LogP contribution in [0.2, 0.25) is 0 Å². The molecule has 0 saturated heterocycles. The second-order valence-electron chi connectivity index (χ2n) is 5.60. The number of nitrogens with one attached hydrogen (secondary N) is 2. The highest BCUT2D eigenvalue weighted by Gasteiger charge is 2.24. The van der Waals surface area contributed by atoms with Crippen LogP contribution in [0, 0.1) is 0 Å². The van der Waals surface area contributed by atoms with Crippen molar-refractivity contribution >= 4 is 17.7 Å². The molecule has 22 heavy (non-hydrogen) atoms. The van der Waals surface area contributed by atoms with Crippen LogP contribution in [-0.2, 0) is 4.74 Å². The van der Waals surface area contributed by atoms with Gasteiger partial charge in [-0.25, -0.2) is 0 Å². The lowest BCUT2D eigenvalue weighted by Gasteiger charge is -2.21. The summed E-state index contributed by atoms with van der Waals surface area (Å²) >= 11 is 1.97. The number of hydrogen-bond donors (Lipinski definition) is 2. The van der Waals surface area contributed by atoms with Crippen molar-refractivity contribution in [2.75, 3.05) is 27.0 Å². The number of benzene rings is 1. The van der Waals surface area contributed by atoms with Gasteiger partial charge in [0.05, 0.1) is 6.10 Å². The summed E-state index contributed by atoms with van der Waals surface area (Å²) in [5, 5.41) is 7.70. The zero-order valence-electron chi connectivity index (χ0n) is 13.7. The van der Waals surface area contributed by atoms with Gasteiger partial charge in [0.15, 0.2) is 5.96 Å². The Bertz CT molecular complexity index is 466. The van der Waals surface area contributed by atoms with Crippen molar-refractivity contribution in [2.24, 2.45) is 4.99 Å². The highest BCUT2D eigenvalue weighted by atomic mass is 32.2. The van der Waals surface area contributed by atoms with Crippen LogP contribution in [0.3, 0.4) is 0 Å². The first kappa shape index (κ1) is 17.2. The van der Waals surface area contributed by atoms with E-state index in [9.17, 15) is 0 Å². The van der Waals surface area contributed by atoms with Gasteiger partial charge in [-0.3, -0.25) is 4.99 Å². The van der Waals surface area contributed by atoms with Gasteiger partial charge in [-0.1, -0.05) is 30.3 Å². The number of methoxy groups -OCH3 is 1. The first-order valence-electron chi connectivity index (χ1n) is 7.84. The topological polar surface area (TPSA) is 45.7 Å². The predicted octanol–water partition coefficient (Wildman–Crippen LogP) is 2.82. The molecule has 0 bridgehead atoms. The van der Waals surface area contributed by atoms with E-state index in [1.165, 1.54) is 24.8 Å². The molecule has 122 valence electrons. The second kappa shape index (κ2) is 9.06. The van der Waals surface area contributed by atoms with E-state index in [0.29, 0.717) is 12.6 Å². The summed E-state index contributed by atoms with van der Waals surface area (Å²) in [5.74, 6) is 0.865. The van der Waals surface area contributed by atoms with Crippen LogP contribution >= 0.6 is 11.8 Å². The molecule has 0 radical (unpaired) electrons. The Morgan fingerprint density at radius 2 is 2.14 bits per heavy atom. The maximum Gasteiger partial charge on any atom is 0.191 e. The third kappa shape index (κ3) is 4.92. The molecule has 0 amide bonds. The molecule has 0 heterocycles. The average Bonchev–Trinajstić information content (AvgIpc) is 3.03. The summed E-state index contributed by atoms with van der Waals surface area (Å²) in [4.78, 5) is 4.33. The van der Waals surface area contributed by atoms with Crippen LogP contribution in [0.25, 0.3) is 0 Å². The van der Waals surface area contributed by atoms with Gasteiger partial charge in [0.1, 0.15) is 0 Å². The fraction of sp³-hybridized carbons (Fsp3) is 0.588. The Kier molecular flexibility index (Phi) is 7.06. The van der Waals surface area contributed by atoms with Crippen LogP contribution in [-0.4, -0.2) is 44.2 Å². The molecule has 1 aromatic carbocycles. The maximum absolute atomic E-state index is 5.59. The molecule has 2 rings (SSSR count). The lowest BCUT2D eigenvalue weighted by atomic mass is 10.1. The van der Waals surface area contributed by atoms with Gasteiger partial charge >= 0.3 is 0 Å². The van der Waals surface area contributed by atoms with E-state index < -0.39 is 0 Å². The first-order chi connectivity index (χ1) is 10.8. The molecule has 1 aliphatic carbocycles. The quantitative estimate of drug-likeness (QED) is 0.625. The minimum absolute atomic E-state index is 0.0299. The lowest BCUT2D eigenvalue weighted by Crippen LogP contribution is -2.44. The van der Waals surface area contributed by atoms with Crippen molar-refractivity contribution in [3.8, 4) is 0 Å². The smallest absolute Gasteiger partial charge is 0.191 e. The van der Waals surface area contributed by atoms with Crippen molar-refractivity contribution in [1.82, 2.24) is 10.6 Å². The highest BCUT2D eigenvalue weighted by Crippen LogP contribution is 2.28. The third-order valence-corrected chi connectivity index (χ3v) is 5.29. The van der Waals surface area contributed by atoms with E-state index >= 15 is 0 Å². The number of guanidine groups is 1. The van der Waals surface area contributed by atoms with Crippen molar-refractivity contribution in [1.29, 1.82) is 0 Å². The summed E-state index contributed by atoms with van der Waals surface area (Å²) in [6.07, 6.45) is 5.96. The van der Waals surface area contributed by atoms with Crippen LogP contribution < -0.4 is 10.6 Å². The minimum Gasteiger partial charge on any atom is -0.375 e. The zero-order valence-corrected chi connectivity index (χ0v) is 14.5. The zero-order chi connectivity index (χ0) is 15.8. The number of hydrogen-bond acceptors (Lipinski definition) is 3. The van der Waals surface area contributed by atoms with Crippen molar-refractivity contribution < 1.29 is 4.74 Å². The second-order valence-corrected chi connectivity index (χ2v) is 6.74. The Balaban J connectivity index is 1.83. The monoisotopic (exact) mass is 321 g/mol. The summed E-state index contributed by atoms with van der Waals surface area (Å²) in [7, 11) is 3.57. The van der Waals surface area contributed by atoms with Crippen molar-refractivity contribution in [3.63, 3.8) is 0 Å².